The molecule has 0 unspecified atom stereocenters. The highest BCUT2D eigenvalue weighted by Crippen LogP contribution is 2.41. The van der Waals surface area contributed by atoms with Crippen LogP contribution in [-0.4, -0.2) is 12.6 Å². The zero-order chi connectivity index (χ0) is 20.8. The van der Waals surface area contributed by atoms with Gasteiger partial charge in [-0.2, -0.15) is 5.26 Å². The minimum absolute atomic E-state index is 0.108. The van der Waals surface area contributed by atoms with Crippen LogP contribution in [0.1, 0.15) is 66.3 Å². The van der Waals surface area contributed by atoms with Crippen molar-refractivity contribution in [2.45, 2.75) is 58.3 Å². The van der Waals surface area contributed by atoms with E-state index in [1.807, 2.05) is 31.2 Å². The van der Waals surface area contributed by atoms with Crippen molar-refractivity contribution in [1.82, 2.24) is 0 Å². The lowest BCUT2D eigenvalue weighted by Gasteiger charge is -2.17. The Morgan fingerprint density at radius 1 is 1.24 bits per heavy atom. The van der Waals surface area contributed by atoms with Crippen LogP contribution in [0, 0.1) is 18.3 Å². The topological polar surface area (TPSA) is 53.2 Å². The Morgan fingerprint density at radius 2 is 2.00 bits per heavy atom. The van der Waals surface area contributed by atoms with E-state index in [0.29, 0.717) is 12.3 Å². The lowest BCUT2D eigenvalue weighted by molar-refractivity contribution is -0.113. The first-order chi connectivity index (χ1) is 14.1. The molecular formula is C26H28N2O. The van der Waals surface area contributed by atoms with Crippen LogP contribution in [0.2, 0.25) is 0 Å². The molecule has 0 heterocycles. The van der Waals surface area contributed by atoms with Gasteiger partial charge in [-0.25, -0.2) is 4.99 Å². The lowest BCUT2D eigenvalue weighted by atomic mass is 9.87. The molecule has 2 aromatic rings. The molecule has 3 heteroatoms. The highest BCUT2D eigenvalue weighted by Gasteiger charge is 2.26. The quantitative estimate of drug-likeness (QED) is 0.336. The van der Waals surface area contributed by atoms with E-state index in [2.05, 4.69) is 42.9 Å². The maximum Gasteiger partial charge on any atom is 0.287 e. The SMILES string of the molecule is C=NC(=O)/C(C#N)=C(\C[C@H]1CCc2cc(CCCC)ccc21)c1ccc(C)cc1. The van der Waals surface area contributed by atoms with Crippen molar-refractivity contribution in [3.63, 3.8) is 0 Å². The van der Waals surface area contributed by atoms with Gasteiger partial charge in [-0.3, -0.25) is 4.79 Å². The van der Waals surface area contributed by atoms with E-state index in [-0.39, 0.29) is 5.57 Å². The Balaban J connectivity index is 1.95. The van der Waals surface area contributed by atoms with Crippen molar-refractivity contribution in [3.05, 3.63) is 75.9 Å². The molecule has 0 saturated carbocycles. The number of benzene rings is 2. The molecule has 148 valence electrons. The van der Waals surface area contributed by atoms with Crippen molar-refractivity contribution in [1.29, 1.82) is 5.26 Å². The molecule has 0 spiro atoms. The predicted molar refractivity (Wildman–Crippen MR) is 119 cm³/mol. The summed E-state index contributed by atoms with van der Waals surface area (Å²) in [5.41, 5.74) is 7.12. The highest BCUT2D eigenvalue weighted by molar-refractivity contribution is 6.06. The van der Waals surface area contributed by atoms with Crippen LogP contribution in [0.5, 0.6) is 0 Å². The molecule has 2 aromatic carbocycles. The normalized spacial score (nSPS) is 16.0. The van der Waals surface area contributed by atoms with Crippen molar-refractivity contribution in [2.75, 3.05) is 0 Å². The number of hydrogen-bond acceptors (Lipinski definition) is 2. The zero-order valence-corrected chi connectivity index (χ0v) is 17.4. The summed E-state index contributed by atoms with van der Waals surface area (Å²) in [6.45, 7) is 7.58. The van der Waals surface area contributed by atoms with Gasteiger partial charge >= 0.3 is 0 Å². The van der Waals surface area contributed by atoms with Crippen molar-refractivity contribution >= 4 is 18.2 Å². The lowest BCUT2D eigenvalue weighted by Crippen LogP contribution is -2.05. The minimum atomic E-state index is -0.545. The van der Waals surface area contributed by atoms with Gasteiger partial charge < -0.3 is 0 Å². The Kier molecular flexibility index (Phi) is 6.77. The Morgan fingerprint density at radius 3 is 2.66 bits per heavy atom. The van der Waals surface area contributed by atoms with Crippen molar-refractivity contribution in [2.24, 2.45) is 4.99 Å². The van der Waals surface area contributed by atoms with Crippen LogP contribution in [0.4, 0.5) is 0 Å². The zero-order valence-electron chi connectivity index (χ0n) is 17.4. The number of carbonyl (C=O) groups excluding carboxylic acids is 1. The second-order valence-corrected chi connectivity index (χ2v) is 7.87. The number of hydrogen-bond donors (Lipinski definition) is 0. The van der Waals surface area contributed by atoms with E-state index in [4.69, 9.17) is 0 Å². The number of nitriles is 1. The smallest absolute Gasteiger partial charge is 0.266 e. The van der Waals surface area contributed by atoms with Gasteiger partial charge in [-0.15, -0.1) is 0 Å². The number of unbranched alkanes of at least 4 members (excludes halogenated alkanes) is 1. The molecule has 1 aliphatic carbocycles. The monoisotopic (exact) mass is 384 g/mol. The molecule has 0 fully saturated rings. The number of nitrogens with zero attached hydrogens (tertiary/aromatic N) is 2. The fourth-order valence-electron chi connectivity index (χ4n) is 4.20. The molecule has 1 atom stereocenters. The highest BCUT2D eigenvalue weighted by atomic mass is 16.1. The van der Waals surface area contributed by atoms with Crippen molar-refractivity contribution in [3.8, 4) is 6.07 Å². The van der Waals surface area contributed by atoms with Crippen LogP contribution in [0.3, 0.4) is 0 Å². The summed E-state index contributed by atoms with van der Waals surface area (Å²) in [5.74, 6) is -0.237. The standard InChI is InChI=1S/C26H28N2O/c1-4-5-6-19-9-14-23-21(15-19)12-13-22(23)16-24(25(17-27)26(29)28-3)20-10-7-18(2)8-11-20/h7-11,14-15,22H,3-6,12-13,16H2,1-2H3/b25-24+/t22-/m1/s1. The number of aryl methyl sites for hydroxylation is 3. The van der Waals surface area contributed by atoms with Gasteiger partial charge in [0.2, 0.25) is 0 Å². The molecule has 0 bridgehead atoms. The third-order valence-corrected chi connectivity index (χ3v) is 5.85. The van der Waals surface area contributed by atoms with Crippen LogP contribution in [-0.2, 0) is 17.6 Å². The molecule has 3 rings (SSSR count). The number of rotatable bonds is 7. The summed E-state index contributed by atoms with van der Waals surface area (Å²) in [6, 6.07) is 16.9. The Labute approximate surface area is 173 Å². The van der Waals surface area contributed by atoms with E-state index >= 15 is 0 Å². The molecule has 1 amide bonds. The fourth-order valence-corrected chi connectivity index (χ4v) is 4.20. The summed E-state index contributed by atoms with van der Waals surface area (Å²) in [6.07, 6.45) is 6.29. The maximum absolute atomic E-state index is 12.3. The molecular weight excluding hydrogens is 356 g/mol. The van der Waals surface area contributed by atoms with E-state index in [9.17, 15) is 10.1 Å². The van der Waals surface area contributed by atoms with E-state index in [0.717, 1.165) is 36.0 Å². The summed E-state index contributed by atoms with van der Waals surface area (Å²) >= 11 is 0. The van der Waals surface area contributed by atoms with Gasteiger partial charge in [0.25, 0.3) is 5.91 Å². The molecule has 3 nitrogen and oxygen atoms in total. The molecule has 1 aliphatic rings. The number of carbonyl (C=O) groups is 1. The van der Waals surface area contributed by atoms with Crippen LogP contribution < -0.4 is 0 Å². The van der Waals surface area contributed by atoms with Gasteiger partial charge in [-0.1, -0.05) is 61.4 Å². The first-order valence-electron chi connectivity index (χ1n) is 10.4. The second-order valence-electron chi connectivity index (χ2n) is 7.87. The van der Waals surface area contributed by atoms with Gasteiger partial charge in [0, 0.05) is 0 Å². The summed E-state index contributed by atoms with van der Waals surface area (Å²) < 4.78 is 0. The Bertz CT molecular complexity index is 977. The number of aliphatic imine (C=N–C) groups is 1. The third-order valence-electron chi connectivity index (χ3n) is 5.85. The molecule has 0 aliphatic heterocycles. The fraction of sp³-hybridized carbons (Fsp3) is 0.346. The number of fused-ring (bicyclic) bond motifs is 1. The van der Waals surface area contributed by atoms with Gasteiger partial charge in [0.1, 0.15) is 11.6 Å². The first-order valence-corrected chi connectivity index (χ1v) is 10.4. The average Bonchev–Trinajstić information content (AvgIpc) is 3.14. The number of amides is 1. The van der Waals surface area contributed by atoms with Gasteiger partial charge in [0.05, 0.1) is 0 Å². The van der Waals surface area contributed by atoms with E-state index in [1.165, 1.54) is 29.5 Å². The largest absolute Gasteiger partial charge is 0.287 e. The molecule has 29 heavy (non-hydrogen) atoms. The summed E-state index contributed by atoms with van der Waals surface area (Å²) in [5, 5.41) is 9.69. The Hall–Kier alpha value is -2.99. The average molecular weight is 385 g/mol. The van der Waals surface area contributed by atoms with E-state index in [1.54, 1.807) is 0 Å². The minimum Gasteiger partial charge on any atom is -0.266 e. The van der Waals surface area contributed by atoms with Crippen LogP contribution in [0.15, 0.2) is 53.0 Å². The third kappa shape index (κ3) is 4.71. The summed E-state index contributed by atoms with van der Waals surface area (Å²) in [7, 11) is 0. The van der Waals surface area contributed by atoms with Crippen LogP contribution >= 0.6 is 0 Å². The van der Waals surface area contributed by atoms with Gasteiger partial charge in [-0.05, 0) is 79.5 Å². The number of allylic oxidation sites excluding steroid dienone is 1. The molecule has 0 saturated heterocycles. The second kappa shape index (κ2) is 9.47. The maximum atomic E-state index is 12.3. The molecule has 0 aromatic heterocycles. The molecule has 0 radical (unpaired) electrons. The van der Waals surface area contributed by atoms with E-state index < -0.39 is 5.91 Å². The molecule has 0 N–H and O–H groups in total. The van der Waals surface area contributed by atoms with Crippen LogP contribution in [0.25, 0.3) is 5.57 Å². The predicted octanol–water partition coefficient (Wildman–Crippen LogP) is 5.96. The first kappa shape index (κ1) is 20.7. The van der Waals surface area contributed by atoms with Gasteiger partial charge in [0.15, 0.2) is 0 Å². The van der Waals surface area contributed by atoms with Crippen molar-refractivity contribution < 1.29 is 4.79 Å². The summed E-state index contributed by atoms with van der Waals surface area (Å²) in [4.78, 5) is 15.8.